The third-order valence-electron chi connectivity index (χ3n) is 3.02. The van der Waals surface area contributed by atoms with Gasteiger partial charge in [0.25, 0.3) is 0 Å². The zero-order chi connectivity index (χ0) is 12.3. The molecule has 94 valence electrons. The van der Waals surface area contributed by atoms with E-state index in [4.69, 9.17) is 0 Å². The van der Waals surface area contributed by atoms with Crippen molar-refractivity contribution in [1.82, 2.24) is 15.1 Å². The summed E-state index contributed by atoms with van der Waals surface area (Å²) in [5.74, 6) is 0.222. The van der Waals surface area contributed by atoms with Crippen LogP contribution in [0.4, 0.5) is 0 Å². The summed E-state index contributed by atoms with van der Waals surface area (Å²) in [6, 6.07) is 0.526. The number of carbonyl (C=O) groups is 1. The Morgan fingerprint density at radius 2 is 2.06 bits per heavy atom. The standard InChI is InChI=1S/C12H25N3O/c1-12(2,3)13-8-11(16)15-7-6-10(9-15)14(4)5/h10,13H,6-9H2,1-5H3. The molecular formula is C12H25N3O. The van der Waals surface area contributed by atoms with Crippen LogP contribution < -0.4 is 5.32 Å². The van der Waals surface area contributed by atoms with Crippen LogP contribution >= 0.6 is 0 Å². The number of amides is 1. The summed E-state index contributed by atoms with van der Waals surface area (Å²) in [6.45, 7) is 8.45. The maximum atomic E-state index is 11.9. The lowest BCUT2D eigenvalue weighted by atomic mass is 10.1. The summed E-state index contributed by atoms with van der Waals surface area (Å²) >= 11 is 0. The summed E-state index contributed by atoms with van der Waals surface area (Å²) in [7, 11) is 4.15. The smallest absolute Gasteiger partial charge is 0.236 e. The molecule has 1 atom stereocenters. The molecular weight excluding hydrogens is 202 g/mol. The molecule has 1 N–H and O–H groups in total. The van der Waals surface area contributed by atoms with E-state index >= 15 is 0 Å². The number of nitrogens with zero attached hydrogens (tertiary/aromatic N) is 2. The summed E-state index contributed by atoms with van der Waals surface area (Å²) in [4.78, 5) is 16.1. The van der Waals surface area contributed by atoms with Crippen molar-refractivity contribution in [2.24, 2.45) is 0 Å². The number of likely N-dealkylation sites (tertiary alicyclic amines) is 1. The van der Waals surface area contributed by atoms with Gasteiger partial charge in [-0.25, -0.2) is 0 Å². The van der Waals surface area contributed by atoms with Crippen LogP contribution in [-0.2, 0) is 4.79 Å². The van der Waals surface area contributed by atoms with Gasteiger partial charge in [-0.1, -0.05) is 0 Å². The molecule has 1 unspecified atom stereocenters. The van der Waals surface area contributed by atoms with E-state index in [1.165, 1.54) is 0 Å². The molecule has 4 heteroatoms. The second-order valence-electron chi connectivity index (χ2n) is 5.85. The monoisotopic (exact) mass is 227 g/mol. The first-order valence-electron chi connectivity index (χ1n) is 5.99. The summed E-state index contributed by atoms with van der Waals surface area (Å²) < 4.78 is 0. The molecule has 1 heterocycles. The minimum absolute atomic E-state index is 0.0103. The molecule has 0 aromatic heterocycles. The first-order chi connectivity index (χ1) is 7.29. The molecule has 0 aromatic rings. The van der Waals surface area contributed by atoms with Crippen LogP contribution in [0.3, 0.4) is 0 Å². The van der Waals surface area contributed by atoms with E-state index < -0.39 is 0 Å². The lowest BCUT2D eigenvalue weighted by molar-refractivity contribution is -0.129. The Bertz CT molecular complexity index is 245. The Hall–Kier alpha value is -0.610. The van der Waals surface area contributed by atoms with Gasteiger partial charge in [0.2, 0.25) is 5.91 Å². The zero-order valence-electron chi connectivity index (χ0n) is 11.2. The number of nitrogens with one attached hydrogen (secondary N) is 1. The van der Waals surface area contributed by atoms with Crippen molar-refractivity contribution >= 4 is 5.91 Å². The van der Waals surface area contributed by atoms with Crippen molar-refractivity contribution in [3.05, 3.63) is 0 Å². The molecule has 0 radical (unpaired) electrons. The first-order valence-corrected chi connectivity index (χ1v) is 5.99. The molecule has 0 aliphatic carbocycles. The third-order valence-corrected chi connectivity index (χ3v) is 3.02. The fourth-order valence-electron chi connectivity index (χ4n) is 1.84. The highest BCUT2D eigenvalue weighted by Gasteiger charge is 2.27. The summed E-state index contributed by atoms with van der Waals surface area (Å²) in [5, 5.41) is 3.24. The minimum Gasteiger partial charge on any atom is -0.340 e. The summed E-state index contributed by atoms with van der Waals surface area (Å²) in [6.07, 6.45) is 1.09. The Labute approximate surface area is 99.0 Å². The quantitative estimate of drug-likeness (QED) is 0.764. The molecule has 4 nitrogen and oxygen atoms in total. The normalized spacial score (nSPS) is 21.9. The highest BCUT2D eigenvalue weighted by molar-refractivity contribution is 5.78. The lowest BCUT2D eigenvalue weighted by Crippen LogP contribution is -2.45. The van der Waals surface area contributed by atoms with Crippen LogP contribution in [0.1, 0.15) is 27.2 Å². The van der Waals surface area contributed by atoms with Gasteiger partial charge in [0.15, 0.2) is 0 Å². The average Bonchev–Trinajstić information content (AvgIpc) is 2.61. The Morgan fingerprint density at radius 3 is 2.50 bits per heavy atom. The van der Waals surface area contributed by atoms with Gasteiger partial charge in [-0.2, -0.15) is 0 Å². The van der Waals surface area contributed by atoms with E-state index in [2.05, 4.69) is 45.1 Å². The van der Waals surface area contributed by atoms with Gasteiger partial charge in [-0.3, -0.25) is 4.79 Å². The van der Waals surface area contributed by atoms with Crippen LogP contribution in [-0.4, -0.2) is 61.0 Å². The van der Waals surface area contributed by atoms with Crippen LogP contribution in [0.5, 0.6) is 0 Å². The van der Waals surface area contributed by atoms with Gasteiger partial charge in [-0.15, -0.1) is 0 Å². The lowest BCUT2D eigenvalue weighted by Gasteiger charge is -2.24. The van der Waals surface area contributed by atoms with Gasteiger partial charge in [0, 0.05) is 24.7 Å². The van der Waals surface area contributed by atoms with Crippen LogP contribution in [0.2, 0.25) is 0 Å². The second-order valence-corrected chi connectivity index (χ2v) is 5.85. The Morgan fingerprint density at radius 1 is 1.44 bits per heavy atom. The molecule has 1 rings (SSSR count). The molecule has 1 fully saturated rings. The van der Waals surface area contributed by atoms with Crippen molar-refractivity contribution in [3.63, 3.8) is 0 Å². The van der Waals surface area contributed by atoms with Crippen molar-refractivity contribution < 1.29 is 4.79 Å². The van der Waals surface area contributed by atoms with E-state index in [0.717, 1.165) is 19.5 Å². The number of hydrogen-bond acceptors (Lipinski definition) is 3. The molecule has 0 aromatic carbocycles. The Kier molecular flexibility index (Phi) is 4.33. The highest BCUT2D eigenvalue weighted by atomic mass is 16.2. The molecule has 1 amide bonds. The number of rotatable bonds is 3. The van der Waals surface area contributed by atoms with Crippen LogP contribution in [0, 0.1) is 0 Å². The first kappa shape index (κ1) is 13.5. The largest absolute Gasteiger partial charge is 0.340 e. The van der Waals surface area contributed by atoms with Gasteiger partial charge in [0.05, 0.1) is 6.54 Å². The van der Waals surface area contributed by atoms with Crippen molar-refractivity contribution in [2.75, 3.05) is 33.7 Å². The van der Waals surface area contributed by atoms with E-state index in [1.54, 1.807) is 0 Å². The van der Waals surface area contributed by atoms with E-state index in [0.29, 0.717) is 12.6 Å². The molecule has 16 heavy (non-hydrogen) atoms. The topological polar surface area (TPSA) is 35.6 Å². The zero-order valence-corrected chi connectivity index (χ0v) is 11.2. The number of hydrogen-bond donors (Lipinski definition) is 1. The number of likely N-dealkylation sites (N-methyl/N-ethyl adjacent to an activating group) is 1. The molecule has 0 bridgehead atoms. The molecule has 1 aliphatic rings. The second kappa shape index (κ2) is 5.15. The van der Waals surface area contributed by atoms with Gasteiger partial charge < -0.3 is 15.1 Å². The maximum Gasteiger partial charge on any atom is 0.236 e. The van der Waals surface area contributed by atoms with E-state index in [1.807, 2.05) is 4.90 Å². The van der Waals surface area contributed by atoms with E-state index in [-0.39, 0.29) is 11.4 Å². The SMILES string of the molecule is CN(C)C1CCN(C(=O)CNC(C)(C)C)C1. The van der Waals surface area contributed by atoms with Crippen LogP contribution in [0.15, 0.2) is 0 Å². The predicted molar refractivity (Wildman–Crippen MR) is 66.4 cm³/mol. The molecule has 0 saturated carbocycles. The van der Waals surface area contributed by atoms with Gasteiger partial charge >= 0.3 is 0 Å². The van der Waals surface area contributed by atoms with Gasteiger partial charge in [-0.05, 0) is 41.3 Å². The van der Waals surface area contributed by atoms with Crippen LogP contribution in [0.25, 0.3) is 0 Å². The average molecular weight is 227 g/mol. The fraction of sp³-hybridized carbons (Fsp3) is 0.917. The number of carbonyl (C=O) groups excluding carboxylic acids is 1. The molecule has 1 aliphatic heterocycles. The van der Waals surface area contributed by atoms with Crippen molar-refractivity contribution in [1.29, 1.82) is 0 Å². The summed E-state index contributed by atoms with van der Waals surface area (Å²) in [5.41, 5.74) is 0.0103. The predicted octanol–water partition coefficient (Wildman–Crippen LogP) is 0.537. The van der Waals surface area contributed by atoms with Crippen molar-refractivity contribution in [3.8, 4) is 0 Å². The molecule has 1 saturated heterocycles. The minimum atomic E-state index is 0.0103. The van der Waals surface area contributed by atoms with E-state index in [9.17, 15) is 4.79 Å². The highest BCUT2D eigenvalue weighted by Crippen LogP contribution is 2.13. The molecule has 0 spiro atoms. The van der Waals surface area contributed by atoms with Gasteiger partial charge in [0.1, 0.15) is 0 Å². The van der Waals surface area contributed by atoms with Crippen molar-refractivity contribution in [2.45, 2.75) is 38.8 Å². The maximum absolute atomic E-state index is 11.9. The fourth-order valence-corrected chi connectivity index (χ4v) is 1.84. The Balaban J connectivity index is 2.34. The third kappa shape index (κ3) is 4.10.